The molecule has 2 aliphatic carbocycles. The third-order valence-corrected chi connectivity index (χ3v) is 7.15. The van der Waals surface area contributed by atoms with Crippen LogP contribution in [0.1, 0.15) is 69.4 Å². The molecular formula is C21H30ClFN2O. The highest BCUT2D eigenvalue weighted by atomic mass is 35.5. The topological polar surface area (TPSA) is 34.2 Å². The zero-order valence-corrected chi connectivity index (χ0v) is 16.2. The van der Waals surface area contributed by atoms with Crippen molar-refractivity contribution in [2.45, 2.75) is 69.2 Å². The van der Waals surface area contributed by atoms with Crippen LogP contribution in [-0.4, -0.2) is 30.3 Å². The highest BCUT2D eigenvalue weighted by Crippen LogP contribution is 2.45. The molecule has 1 aromatic rings. The number of aromatic nitrogens is 1. The molecule has 2 heterocycles. The lowest BCUT2D eigenvalue weighted by Crippen LogP contribution is -2.51. The maximum Gasteiger partial charge on any atom is 0.142 e. The van der Waals surface area contributed by atoms with Crippen molar-refractivity contribution in [3.63, 3.8) is 0 Å². The molecule has 1 saturated heterocycles. The van der Waals surface area contributed by atoms with Gasteiger partial charge in [-0.1, -0.05) is 11.6 Å². The maximum atomic E-state index is 13.2. The van der Waals surface area contributed by atoms with Crippen LogP contribution in [0.2, 0.25) is 5.02 Å². The molecule has 5 heteroatoms. The Bertz CT molecular complexity index is 608. The molecule has 0 radical (unpaired) electrons. The summed E-state index contributed by atoms with van der Waals surface area (Å²) >= 11 is 6.20. The molecular weight excluding hydrogens is 351 g/mol. The van der Waals surface area contributed by atoms with Crippen LogP contribution >= 0.6 is 11.6 Å². The number of pyridine rings is 1. The zero-order valence-electron chi connectivity index (χ0n) is 15.5. The minimum atomic E-state index is -0.351. The first kappa shape index (κ1) is 18.6. The Balaban J connectivity index is 1.24. The van der Waals surface area contributed by atoms with Gasteiger partial charge in [-0.2, -0.15) is 0 Å². The quantitative estimate of drug-likeness (QED) is 0.746. The summed E-state index contributed by atoms with van der Waals surface area (Å²) in [6.07, 6.45) is 12.4. The average Bonchev–Trinajstić information content (AvgIpc) is 3.49. The maximum absolute atomic E-state index is 13.2. The van der Waals surface area contributed by atoms with Crippen LogP contribution < -0.4 is 5.32 Å². The minimum Gasteiger partial charge on any atom is -0.381 e. The van der Waals surface area contributed by atoms with Gasteiger partial charge in [-0.25, -0.2) is 4.39 Å². The molecule has 0 amide bonds. The summed E-state index contributed by atoms with van der Waals surface area (Å²) in [6, 6.07) is 1.39. The van der Waals surface area contributed by atoms with Crippen LogP contribution in [0.3, 0.4) is 0 Å². The Morgan fingerprint density at radius 3 is 2.54 bits per heavy atom. The van der Waals surface area contributed by atoms with E-state index in [0.29, 0.717) is 16.5 Å². The molecule has 4 rings (SSSR count). The minimum absolute atomic E-state index is 0.351. The lowest BCUT2D eigenvalue weighted by molar-refractivity contribution is 0.0280. The summed E-state index contributed by atoms with van der Waals surface area (Å²) in [7, 11) is 0. The molecule has 2 saturated carbocycles. The number of hydrogen-bond acceptors (Lipinski definition) is 3. The standard InChI is InChI=1S/C21H30ClFN2O/c22-19-13-18(23)14-24-20(19)16-3-1-15(2-4-16)7-10-25-21(17-5-6-17)8-11-26-12-9-21/h13-17,25H,1-12H2. The summed E-state index contributed by atoms with van der Waals surface area (Å²) in [5, 5.41) is 4.43. The van der Waals surface area contributed by atoms with Gasteiger partial charge in [-0.05, 0) is 82.2 Å². The second-order valence-corrected chi connectivity index (χ2v) is 8.90. The molecule has 3 aliphatic rings. The molecule has 0 aromatic carbocycles. The van der Waals surface area contributed by atoms with Gasteiger partial charge in [0.25, 0.3) is 0 Å². The van der Waals surface area contributed by atoms with Crippen molar-refractivity contribution >= 4 is 11.6 Å². The van der Waals surface area contributed by atoms with Gasteiger partial charge in [0.05, 0.1) is 16.9 Å². The number of nitrogens with one attached hydrogen (secondary N) is 1. The van der Waals surface area contributed by atoms with Crippen molar-refractivity contribution in [2.75, 3.05) is 19.8 Å². The Kier molecular flexibility index (Phi) is 5.82. The highest BCUT2D eigenvalue weighted by Gasteiger charge is 2.45. The highest BCUT2D eigenvalue weighted by molar-refractivity contribution is 6.31. The van der Waals surface area contributed by atoms with Crippen molar-refractivity contribution in [3.8, 4) is 0 Å². The van der Waals surface area contributed by atoms with Crippen LogP contribution in [0.15, 0.2) is 12.3 Å². The monoisotopic (exact) mass is 380 g/mol. The number of hydrogen-bond donors (Lipinski definition) is 1. The first-order valence-electron chi connectivity index (χ1n) is 10.3. The normalized spacial score (nSPS) is 28.8. The van der Waals surface area contributed by atoms with E-state index in [9.17, 15) is 4.39 Å². The van der Waals surface area contributed by atoms with E-state index in [1.807, 2.05) is 0 Å². The number of rotatable bonds is 6. The summed E-state index contributed by atoms with van der Waals surface area (Å²) in [6.45, 7) is 2.96. The van der Waals surface area contributed by atoms with Crippen LogP contribution in [0.4, 0.5) is 4.39 Å². The second-order valence-electron chi connectivity index (χ2n) is 8.50. The summed E-state index contributed by atoms with van der Waals surface area (Å²) in [4.78, 5) is 4.25. The summed E-state index contributed by atoms with van der Waals surface area (Å²) in [5.74, 6) is 1.71. The van der Waals surface area contributed by atoms with E-state index in [1.165, 1.54) is 57.2 Å². The lowest BCUT2D eigenvalue weighted by Gasteiger charge is -2.39. The van der Waals surface area contributed by atoms with Crippen molar-refractivity contribution in [2.24, 2.45) is 11.8 Å². The van der Waals surface area contributed by atoms with Crippen molar-refractivity contribution in [1.82, 2.24) is 10.3 Å². The van der Waals surface area contributed by atoms with Crippen LogP contribution in [0.25, 0.3) is 0 Å². The van der Waals surface area contributed by atoms with E-state index in [-0.39, 0.29) is 5.82 Å². The Hall–Kier alpha value is -0.710. The molecule has 0 bridgehead atoms. The predicted octanol–water partition coefficient (Wildman–Crippen LogP) is 5.09. The van der Waals surface area contributed by atoms with E-state index < -0.39 is 0 Å². The van der Waals surface area contributed by atoms with Gasteiger partial charge in [0, 0.05) is 24.7 Å². The lowest BCUT2D eigenvalue weighted by atomic mass is 9.78. The molecule has 1 aliphatic heterocycles. The molecule has 3 fully saturated rings. The van der Waals surface area contributed by atoms with Gasteiger partial charge >= 0.3 is 0 Å². The van der Waals surface area contributed by atoms with E-state index in [1.54, 1.807) is 0 Å². The molecule has 0 spiro atoms. The van der Waals surface area contributed by atoms with Crippen LogP contribution in [0.5, 0.6) is 0 Å². The molecule has 0 atom stereocenters. The van der Waals surface area contributed by atoms with E-state index >= 15 is 0 Å². The van der Waals surface area contributed by atoms with Gasteiger partial charge in [0.2, 0.25) is 0 Å². The van der Waals surface area contributed by atoms with Crippen LogP contribution in [0, 0.1) is 17.7 Å². The second kappa shape index (κ2) is 8.12. The predicted molar refractivity (Wildman–Crippen MR) is 102 cm³/mol. The molecule has 1 N–H and O–H groups in total. The molecule has 26 heavy (non-hydrogen) atoms. The Morgan fingerprint density at radius 1 is 1.15 bits per heavy atom. The van der Waals surface area contributed by atoms with Crippen molar-refractivity contribution in [1.29, 1.82) is 0 Å². The van der Waals surface area contributed by atoms with Gasteiger partial charge in [0.1, 0.15) is 5.82 Å². The summed E-state index contributed by atoms with van der Waals surface area (Å²) in [5.41, 5.74) is 1.25. The van der Waals surface area contributed by atoms with E-state index in [0.717, 1.165) is 50.1 Å². The van der Waals surface area contributed by atoms with Crippen molar-refractivity contribution < 1.29 is 9.13 Å². The Labute approximate surface area is 161 Å². The summed E-state index contributed by atoms with van der Waals surface area (Å²) < 4.78 is 18.8. The molecule has 0 unspecified atom stereocenters. The fraction of sp³-hybridized carbons (Fsp3) is 0.762. The third-order valence-electron chi connectivity index (χ3n) is 6.84. The van der Waals surface area contributed by atoms with Crippen LogP contribution in [-0.2, 0) is 4.74 Å². The largest absolute Gasteiger partial charge is 0.381 e. The third kappa shape index (κ3) is 4.23. The fourth-order valence-electron chi connectivity index (χ4n) is 5.08. The zero-order chi connectivity index (χ0) is 18.0. The van der Waals surface area contributed by atoms with Gasteiger partial charge < -0.3 is 10.1 Å². The van der Waals surface area contributed by atoms with Gasteiger partial charge in [-0.3, -0.25) is 4.98 Å². The van der Waals surface area contributed by atoms with E-state index in [4.69, 9.17) is 16.3 Å². The molecule has 1 aromatic heterocycles. The smallest absolute Gasteiger partial charge is 0.142 e. The van der Waals surface area contributed by atoms with Crippen molar-refractivity contribution in [3.05, 3.63) is 28.8 Å². The molecule has 144 valence electrons. The molecule has 3 nitrogen and oxygen atoms in total. The number of halogens is 2. The van der Waals surface area contributed by atoms with Gasteiger partial charge in [0.15, 0.2) is 0 Å². The number of nitrogens with zero attached hydrogens (tertiary/aromatic N) is 1. The van der Waals surface area contributed by atoms with E-state index in [2.05, 4.69) is 10.3 Å². The Morgan fingerprint density at radius 2 is 1.88 bits per heavy atom. The SMILES string of the molecule is Fc1cnc(C2CCC(CCNC3(C4CC4)CCOCC3)CC2)c(Cl)c1. The first-order valence-corrected chi connectivity index (χ1v) is 10.7. The average molecular weight is 381 g/mol. The van der Waals surface area contributed by atoms with Gasteiger partial charge in [-0.15, -0.1) is 0 Å². The fourth-order valence-corrected chi connectivity index (χ4v) is 5.38. The number of ether oxygens (including phenoxy) is 1. The first-order chi connectivity index (χ1) is 12.7.